The first-order chi connectivity index (χ1) is 28.6. The fourth-order valence-electron chi connectivity index (χ4n) is 10.1. The van der Waals surface area contributed by atoms with Gasteiger partial charge in [0.05, 0.1) is 39.5 Å². The first-order valence-corrected chi connectivity index (χ1v) is 22.7. The zero-order valence-electron chi connectivity index (χ0n) is 39.8. The second-order valence-electron chi connectivity index (χ2n) is 19.4. The topological polar surface area (TPSA) is 69.2 Å². The number of hydrogen-bond donors (Lipinski definition) is 1. The summed E-state index contributed by atoms with van der Waals surface area (Å²) >= 11 is 0. The Balaban J connectivity index is 1.56. The predicted octanol–water partition coefficient (Wildman–Crippen LogP) is 9.93. The van der Waals surface area contributed by atoms with Gasteiger partial charge in [0.2, 0.25) is 0 Å². The fourth-order valence-corrected chi connectivity index (χ4v) is 10.1. The Hall–Kier alpha value is -3.56. The molecule has 2 heterocycles. The summed E-state index contributed by atoms with van der Waals surface area (Å²) in [6.45, 7) is 24.3. The molecule has 0 saturated heterocycles. The summed E-state index contributed by atoms with van der Waals surface area (Å²) in [7, 11) is 9.23. The molecule has 5 rings (SSSR count). The van der Waals surface area contributed by atoms with Gasteiger partial charge in [-0.05, 0) is 109 Å². The smallest absolute Gasteiger partial charge is 0.119 e. The number of allylic oxidation sites excluding steroid dienone is 2. The highest BCUT2D eigenvalue weighted by molar-refractivity contribution is 5.68. The molecule has 2 aromatic carbocycles. The minimum absolute atomic E-state index is 0.0482. The van der Waals surface area contributed by atoms with Crippen LogP contribution < -0.4 is 24.6 Å². The van der Waals surface area contributed by atoms with Crippen LogP contribution in [0.1, 0.15) is 112 Å². The van der Waals surface area contributed by atoms with Gasteiger partial charge in [0.25, 0.3) is 0 Å². The van der Waals surface area contributed by atoms with Crippen molar-refractivity contribution in [1.29, 1.82) is 0 Å². The van der Waals surface area contributed by atoms with Crippen molar-refractivity contribution in [1.82, 2.24) is 0 Å². The Kier molecular flexibility index (Phi) is 16.3. The molecule has 8 nitrogen and oxygen atoms in total. The van der Waals surface area contributed by atoms with Crippen molar-refractivity contribution in [2.24, 2.45) is 11.3 Å². The SMILES string of the molecule is CC/C=C(\C=C(\C)[NH2+]C)C(OC1/C(=C/CC2N(CCCOC)c3ccc(OC)cc3C2(C)C)CCC1/C=C/C1N(CCCOC)c2ccc(OC)cc2C1(C)C)C(C)(C)C. The molecule has 2 aromatic rings. The molecular formula is C52H80N3O5+. The van der Waals surface area contributed by atoms with E-state index in [9.17, 15) is 0 Å². The molecular weight excluding hydrogens is 747 g/mol. The molecule has 0 aromatic heterocycles. The third-order valence-electron chi connectivity index (χ3n) is 13.5. The maximum atomic E-state index is 7.65. The second-order valence-corrected chi connectivity index (χ2v) is 19.4. The quantitative estimate of drug-likeness (QED) is 0.0810. The number of nitrogens with two attached hydrogens (primary N) is 1. The standard InChI is InChI=1S/C52H79N3O5/c1-15-18-39(33-36(2)53-10)49(50(3,4)5)60-48-37(21-27-46-51(6,7)42-34-40(58-13)23-25-44(42)54(46)29-16-31-56-11)19-20-38(48)22-28-47-52(8,9)43-35-41(59-14)24-26-45(43)55(47)30-17-32-57-12/h18,21-27,33-35,37,46-49,53H,15-17,19-20,28-32H2,1-14H3/p+1/b27-21+,36-33-,38-22+,39-18+. The Bertz CT molecular complexity index is 1850. The lowest BCUT2D eigenvalue weighted by molar-refractivity contribution is -0.575. The van der Waals surface area contributed by atoms with Gasteiger partial charge in [0.15, 0.2) is 0 Å². The Morgan fingerprint density at radius 3 is 1.98 bits per heavy atom. The largest absolute Gasteiger partial charge is 0.497 e. The van der Waals surface area contributed by atoms with Crippen LogP contribution in [0.15, 0.2) is 83.6 Å². The van der Waals surface area contributed by atoms with E-state index in [1.165, 1.54) is 39.3 Å². The lowest BCUT2D eigenvalue weighted by Gasteiger charge is -2.37. The van der Waals surface area contributed by atoms with Gasteiger partial charge in [-0.1, -0.05) is 79.7 Å². The maximum absolute atomic E-state index is 7.65. The average Bonchev–Trinajstić information content (AvgIpc) is 3.77. The van der Waals surface area contributed by atoms with Crippen LogP contribution in [0.5, 0.6) is 11.5 Å². The van der Waals surface area contributed by atoms with Gasteiger partial charge >= 0.3 is 0 Å². The number of fused-ring (bicyclic) bond motifs is 2. The van der Waals surface area contributed by atoms with E-state index in [1.807, 2.05) is 0 Å². The van der Waals surface area contributed by atoms with E-state index in [1.54, 1.807) is 28.4 Å². The van der Waals surface area contributed by atoms with Crippen LogP contribution in [0, 0.1) is 11.3 Å². The van der Waals surface area contributed by atoms with Crippen LogP contribution in [0.25, 0.3) is 0 Å². The summed E-state index contributed by atoms with van der Waals surface area (Å²) in [5.74, 6) is 2.05. The molecule has 2 aliphatic heterocycles. The highest BCUT2D eigenvalue weighted by Gasteiger charge is 2.46. The second kappa shape index (κ2) is 20.5. The lowest BCUT2D eigenvalue weighted by Crippen LogP contribution is -2.76. The number of anilines is 2. The van der Waals surface area contributed by atoms with Crippen LogP contribution in [0.4, 0.5) is 11.4 Å². The van der Waals surface area contributed by atoms with Crippen molar-refractivity contribution < 1.29 is 29.0 Å². The summed E-state index contributed by atoms with van der Waals surface area (Å²) in [4.78, 5) is 5.22. The minimum atomic E-state index is -0.122. The van der Waals surface area contributed by atoms with Crippen molar-refractivity contribution in [2.45, 2.75) is 136 Å². The van der Waals surface area contributed by atoms with Gasteiger partial charge < -0.3 is 38.8 Å². The normalized spacial score (nSPS) is 23.8. The van der Waals surface area contributed by atoms with Crippen molar-refractivity contribution in [3.05, 3.63) is 94.7 Å². The molecule has 8 heteroatoms. The zero-order valence-corrected chi connectivity index (χ0v) is 39.8. The zero-order chi connectivity index (χ0) is 43.8. The number of benzene rings is 2. The van der Waals surface area contributed by atoms with Crippen molar-refractivity contribution in [3.63, 3.8) is 0 Å². The average molecular weight is 827 g/mol. The van der Waals surface area contributed by atoms with Crippen LogP contribution >= 0.6 is 0 Å². The predicted molar refractivity (Wildman–Crippen MR) is 250 cm³/mol. The monoisotopic (exact) mass is 827 g/mol. The van der Waals surface area contributed by atoms with Crippen LogP contribution in [0.2, 0.25) is 0 Å². The number of ether oxygens (including phenoxy) is 5. The third-order valence-corrected chi connectivity index (χ3v) is 13.5. The van der Waals surface area contributed by atoms with Gasteiger partial charge in [0, 0.05) is 81.6 Å². The molecule has 3 aliphatic rings. The van der Waals surface area contributed by atoms with E-state index in [0.717, 1.165) is 76.3 Å². The van der Waals surface area contributed by atoms with E-state index in [-0.39, 0.29) is 46.5 Å². The highest BCUT2D eigenvalue weighted by Crippen LogP contribution is 2.50. The molecule has 1 fully saturated rings. The Morgan fingerprint density at radius 2 is 1.43 bits per heavy atom. The fraction of sp³-hybridized carbons (Fsp3) is 0.615. The van der Waals surface area contributed by atoms with Crippen LogP contribution in [-0.4, -0.2) is 86.1 Å². The van der Waals surface area contributed by atoms with Crippen LogP contribution in [0.3, 0.4) is 0 Å². The highest BCUT2D eigenvalue weighted by atomic mass is 16.5. The van der Waals surface area contributed by atoms with Gasteiger partial charge in [-0.15, -0.1) is 0 Å². The minimum Gasteiger partial charge on any atom is -0.497 e. The number of quaternary nitrogens is 1. The Labute approximate surface area is 364 Å². The van der Waals surface area contributed by atoms with Gasteiger partial charge in [-0.3, -0.25) is 0 Å². The van der Waals surface area contributed by atoms with Gasteiger partial charge in [-0.2, -0.15) is 0 Å². The molecule has 1 saturated carbocycles. The summed E-state index contributed by atoms with van der Waals surface area (Å²) < 4.78 is 30.2. The molecule has 332 valence electrons. The molecule has 60 heavy (non-hydrogen) atoms. The molecule has 1 aliphatic carbocycles. The maximum Gasteiger partial charge on any atom is 0.119 e. The van der Waals surface area contributed by atoms with Crippen LogP contribution in [-0.2, 0) is 25.0 Å². The molecule has 0 radical (unpaired) electrons. The van der Waals surface area contributed by atoms with E-state index in [4.69, 9.17) is 23.7 Å². The van der Waals surface area contributed by atoms with E-state index in [0.29, 0.717) is 0 Å². The molecule has 0 spiro atoms. The lowest BCUT2D eigenvalue weighted by atomic mass is 9.78. The summed E-state index contributed by atoms with van der Waals surface area (Å²) in [6.07, 6.45) is 18.1. The van der Waals surface area contributed by atoms with E-state index < -0.39 is 0 Å². The summed E-state index contributed by atoms with van der Waals surface area (Å²) in [5, 5.41) is 2.19. The van der Waals surface area contributed by atoms with Crippen molar-refractivity contribution in [2.75, 3.05) is 71.6 Å². The third kappa shape index (κ3) is 10.4. The number of rotatable bonds is 20. The number of methoxy groups -OCH3 is 4. The van der Waals surface area contributed by atoms with Crippen molar-refractivity contribution >= 4 is 11.4 Å². The molecule has 0 amide bonds. The first-order valence-electron chi connectivity index (χ1n) is 22.7. The van der Waals surface area contributed by atoms with E-state index >= 15 is 0 Å². The van der Waals surface area contributed by atoms with Crippen molar-refractivity contribution in [3.8, 4) is 11.5 Å². The van der Waals surface area contributed by atoms with E-state index in [2.05, 4.69) is 151 Å². The number of nitrogens with zero attached hydrogens (tertiary/aromatic N) is 2. The Morgan fingerprint density at radius 1 is 0.850 bits per heavy atom. The summed E-state index contributed by atoms with van der Waals surface area (Å²) in [6, 6.07) is 13.7. The summed E-state index contributed by atoms with van der Waals surface area (Å²) in [5.41, 5.74) is 8.92. The molecule has 2 N–H and O–H groups in total. The van der Waals surface area contributed by atoms with Gasteiger partial charge in [0.1, 0.15) is 17.2 Å². The molecule has 5 unspecified atom stereocenters. The molecule has 5 atom stereocenters. The molecule has 0 bridgehead atoms. The number of hydrogen-bond acceptors (Lipinski definition) is 7. The van der Waals surface area contributed by atoms with Gasteiger partial charge in [-0.25, -0.2) is 0 Å². The first kappa shape index (κ1) is 47.5.